The molecule has 322 valence electrons. The maximum atomic E-state index is 13.0. The van der Waals surface area contributed by atoms with E-state index in [0.717, 1.165) is 38.5 Å². The summed E-state index contributed by atoms with van der Waals surface area (Å²) < 4.78 is 11.3. The third-order valence-corrected chi connectivity index (χ3v) is 11.5. The van der Waals surface area contributed by atoms with Crippen molar-refractivity contribution in [2.45, 2.75) is 269 Å². The van der Waals surface area contributed by atoms with Gasteiger partial charge in [-0.3, -0.25) is 4.79 Å². The zero-order valence-corrected chi connectivity index (χ0v) is 35.3. The van der Waals surface area contributed by atoms with E-state index >= 15 is 0 Å². The number of amides is 1. The minimum Gasteiger partial charge on any atom is -0.394 e. The minimum atomic E-state index is -1.55. The van der Waals surface area contributed by atoms with E-state index in [-0.39, 0.29) is 12.5 Å². The highest BCUT2D eigenvalue weighted by Crippen LogP contribution is 2.23. The molecule has 2 unspecified atom stereocenters. The van der Waals surface area contributed by atoms with Gasteiger partial charge in [0.05, 0.1) is 25.4 Å². The molecule has 1 heterocycles. The molecule has 0 aliphatic carbocycles. The smallest absolute Gasteiger partial charge is 0.220 e. The van der Waals surface area contributed by atoms with E-state index in [2.05, 4.69) is 19.2 Å². The Morgan fingerprint density at radius 2 is 0.926 bits per heavy atom. The molecule has 1 aliphatic rings. The average Bonchev–Trinajstić information content (AvgIpc) is 3.17. The molecule has 1 saturated heterocycles. The molecule has 6 N–H and O–H groups in total. The van der Waals surface area contributed by atoms with E-state index in [1.165, 1.54) is 161 Å². The van der Waals surface area contributed by atoms with Crippen molar-refractivity contribution in [3.05, 3.63) is 0 Å². The summed E-state index contributed by atoms with van der Waals surface area (Å²) in [5.41, 5.74) is 0. The van der Waals surface area contributed by atoms with Gasteiger partial charge in [0.25, 0.3) is 0 Å². The van der Waals surface area contributed by atoms with E-state index in [4.69, 9.17) is 9.47 Å². The quantitative estimate of drug-likeness (QED) is 0.0339. The Kier molecular flexibility index (Phi) is 34.6. The van der Waals surface area contributed by atoms with Crippen LogP contribution in [-0.4, -0.2) is 87.5 Å². The van der Waals surface area contributed by atoms with Crippen molar-refractivity contribution < 1.29 is 39.8 Å². The highest BCUT2D eigenvalue weighted by molar-refractivity contribution is 5.76. The third kappa shape index (κ3) is 26.9. The lowest BCUT2D eigenvalue weighted by molar-refractivity contribution is -0.302. The van der Waals surface area contributed by atoms with Crippen molar-refractivity contribution in [2.75, 3.05) is 13.2 Å². The topological polar surface area (TPSA) is 149 Å². The van der Waals surface area contributed by atoms with Gasteiger partial charge in [-0.1, -0.05) is 206 Å². The van der Waals surface area contributed by atoms with Crippen LogP contribution in [0.5, 0.6) is 0 Å². The molecule has 9 nitrogen and oxygen atoms in total. The molecule has 0 aromatic carbocycles. The maximum Gasteiger partial charge on any atom is 0.220 e. The predicted molar refractivity (Wildman–Crippen MR) is 221 cm³/mol. The van der Waals surface area contributed by atoms with Crippen molar-refractivity contribution in [2.24, 2.45) is 0 Å². The molecule has 0 bridgehead atoms. The largest absolute Gasteiger partial charge is 0.394 e. The van der Waals surface area contributed by atoms with Crippen LogP contribution in [0.4, 0.5) is 0 Å². The molecular weight excluding hydrogens is 682 g/mol. The minimum absolute atomic E-state index is 0.132. The number of nitrogens with one attached hydrogen (secondary N) is 1. The molecule has 0 radical (unpaired) electrons. The molecule has 1 fully saturated rings. The van der Waals surface area contributed by atoms with Gasteiger partial charge in [0, 0.05) is 6.42 Å². The van der Waals surface area contributed by atoms with E-state index in [1.54, 1.807) is 0 Å². The van der Waals surface area contributed by atoms with Crippen molar-refractivity contribution in [1.29, 1.82) is 0 Å². The lowest BCUT2D eigenvalue weighted by atomic mass is 9.99. The Bertz CT molecular complexity index is 817. The molecule has 9 heteroatoms. The van der Waals surface area contributed by atoms with Crippen molar-refractivity contribution >= 4 is 5.91 Å². The second-order valence-electron chi connectivity index (χ2n) is 16.6. The van der Waals surface area contributed by atoms with Crippen LogP contribution in [0.2, 0.25) is 0 Å². The van der Waals surface area contributed by atoms with Gasteiger partial charge in [-0.25, -0.2) is 0 Å². The van der Waals surface area contributed by atoms with Gasteiger partial charge in [-0.15, -0.1) is 0 Å². The summed E-state index contributed by atoms with van der Waals surface area (Å²) >= 11 is 0. The number of aliphatic hydroxyl groups excluding tert-OH is 5. The maximum absolute atomic E-state index is 13.0. The summed E-state index contributed by atoms with van der Waals surface area (Å²) in [6, 6.07) is -0.710. The predicted octanol–water partition coefficient (Wildman–Crippen LogP) is 9.56. The van der Waals surface area contributed by atoms with E-state index in [1.807, 2.05) is 0 Å². The first-order valence-corrected chi connectivity index (χ1v) is 23.2. The Balaban J connectivity index is 2.30. The number of carbonyl (C=O) groups is 1. The van der Waals surface area contributed by atoms with Crippen LogP contribution in [-0.2, 0) is 14.3 Å². The summed E-state index contributed by atoms with van der Waals surface area (Å²) in [4.78, 5) is 13.0. The molecule has 54 heavy (non-hydrogen) atoms. The van der Waals surface area contributed by atoms with Crippen LogP contribution < -0.4 is 5.32 Å². The summed E-state index contributed by atoms with van der Waals surface area (Å²) in [6.07, 6.45) is 32.5. The lowest BCUT2D eigenvalue weighted by Crippen LogP contribution is -2.60. The fraction of sp³-hybridized carbons (Fsp3) is 0.978. The first kappa shape index (κ1) is 51.2. The van der Waals surface area contributed by atoms with Gasteiger partial charge in [-0.2, -0.15) is 0 Å². The summed E-state index contributed by atoms with van der Waals surface area (Å²) in [5.74, 6) is -0.140. The highest BCUT2D eigenvalue weighted by Gasteiger charge is 2.44. The van der Waals surface area contributed by atoms with Gasteiger partial charge in [0.2, 0.25) is 5.91 Å². The second kappa shape index (κ2) is 36.5. The van der Waals surface area contributed by atoms with Gasteiger partial charge in [0.15, 0.2) is 6.29 Å². The Labute approximate surface area is 332 Å². The fourth-order valence-corrected chi connectivity index (χ4v) is 7.69. The fourth-order valence-electron chi connectivity index (χ4n) is 7.69. The van der Waals surface area contributed by atoms with Crippen molar-refractivity contribution in [3.63, 3.8) is 0 Å². The normalized spacial score (nSPS) is 21.4. The molecule has 1 rings (SSSR count). The van der Waals surface area contributed by atoms with Gasteiger partial charge < -0.3 is 40.3 Å². The van der Waals surface area contributed by atoms with Crippen LogP contribution in [0.1, 0.15) is 226 Å². The van der Waals surface area contributed by atoms with E-state index in [9.17, 15) is 30.3 Å². The van der Waals surface area contributed by atoms with E-state index < -0.39 is 49.5 Å². The molecular formula is C45H89NO8. The van der Waals surface area contributed by atoms with Crippen LogP contribution in [0.15, 0.2) is 0 Å². The third-order valence-electron chi connectivity index (χ3n) is 11.5. The zero-order valence-electron chi connectivity index (χ0n) is 35.3. The van der Waals surface area contributed by atoms with Gasteiger partial charge in [-0.05, 0) is 12.8 Å². The van der Waals surface area contributed by atoms with Gasteiger partial charge >= 0.3 is 0 Å². The number of ether oxygens (including phenoxy) is 2. The Morgan fingerprint density at radius 1 is 0.556 bits per heavy atom. The van der Waals surface area contributed by atoms with Crippen LogP contribution in [0.25, 0.3) is 0 Å². The standard InChI is InChI=1S/C45H89NO8/c1-3-5-7-9-11-13-15-17-18-19-20-21-23-25-27-29-31-33-35-41(49)46-38(37-53-45-44(52)43(51)42(50)40(36-47)54-45)39(48)34-32-30-28-26-24-22-16-14-12-10-8-6-4-2/h38-40,42-45,47-48,50-52H,3-37H2,1-2H3,(H,46,49)/t38-,39+,40+,42+,43?,44?,45+/m0/s1. The van der Waals surface area contributed by atoms with Crippen molar-refractivity contribution in [3.8, 4) is 0 Å². The molecule has 0 aromatic heterocycles. The van der Waals surface area contributed by atoms with Crippen LogP contribution in [0, 0.1) is 0 Å². The summed E-state index contributed by atoms with van der Waals surface area (Å²) in [7, 11) is 0. The van der Waals surface area contributed by atoms with Gasteiger partial charge in [0.1, 0.15) is 24.4 Å². The van der Waals surface area contributed by atoms with E-state index in [0.29, 0.717) is 12.8 Å². The Morgan fingerprint density at radius 3 is 1.31 bits per heavy atom. The second-order valence-corrected chi connectivity index (χ2v) is 16.6. The monoisotopic (exact) mass is 772 g/mol. The average molecular weight is 772 g/mol. The molecule has 7 atom stereocenters. The van der Waals surface area contributed by atoms with Crippen LogP contribution >= 0.6 is 0 Å². The van der Waals surface area contributed by atoms with Crippen molar-refractivity contribution in [1.82, 2.24) is 5.32 Å². The zero-order chi connectivity index (χ0) is 39.5. The number of aliphatic hydroxyl groups is 5. The Hall–Kier alpha value is -0.810. The first-order valence-electron chi connectivity index (χ1n) is 23.2. The number of hydrogen-bond donors (Lipinski definition) is 6. The number of hydrogen-bond acceptors (Lipinski definition) is 8. The SMILES string of the molecule is CCCCCCCCCCCCCCCCCCCCC(=O)N[C@@H](CO[C@@H]1O[C@H](CO)[C@@H](O)C(O)C1O)[C@H](O)CCCCCCCCCCCCCCC. The summed E-state index contributed by atoms with van der Waals surface area (Å²) in [6.45, 7) is 3.85. The molecule has 1 amide bonds. The summed E-state index contributed by atoms with van der Waals surface area (Å²) in [5, 5.41) is 54.3. The molecule has 0 aromatic rings. The number of rotatable bonds is 39. The molecule has 1 aliphatic heterocycles. The lowest BCUT2D eigenvalue weighted by Gasteiger charge is -2.40. The molecule has 0 spiro atoms. The highest BCUT2D eigenvalue weighted by atomic mass is 16.7. The number of carbonyl (C=O) groups excluding carboxylic acids is 1. The number of unbranched alkanes of at least 4 members (excludes halogenated alkanes) is 29. The first-order chi connectivity index (χ1) is 26.3. The van der Waals surface area contributed by atoms with Crippen LogP contribution in [0.3, 0.4) is 0 Å². The molecule has 0 saturated carbocycles.